The summed E-state index contributed by atoms with van der Waals surface area (Å²) in [5, 5.41) is 6.16. The summed E-state index contributed by atoms with van der Waals surface area (Å²) in [7, 11) is 5.83. The van der Waals surface area contributed by atoms with Gasteiger partial charge in [0.25, 0.3) is 5.91 Å². The molecule has 0 saturated carbocycles. The molecule has 2 aromatic rings. The summed E-state index contributed by atoms with van der Waals surface area (Å²) < 4.78 is 2.10. The molecule has 0 radical (unpaired) electrons. The molecule has 0 aliphatic heterocycles. The molecule has 1 heterocycles. The van der Waals surface area contributed by atoms with Gasteiger partial charge in [0.05, 0.1) is 6.54 Å². The predicted octanol–water partition coefficient (Wildman–Crippen LogP) is 2.60. The number of nitrogens with zero attached hydrogens (tertiary/aromatic N) is 3. The molecule has 2 N–H and O–H groups in total. The van der Waals surface area contributed by atoms with Crippen molar-refractivity contribution in [3.63, 3.8) is 0 Å². The molecule has 2 rings (SSSR count). The molecule has 0 bridgehead atoms. The van der Waals surface area contributed by atoms with Crippen LogP contribution in [0.5, 0.6) is 0 Å². The quantitative estimate of drug-likeness (QED) is 0.389. The number of rotatable bonds is 6. The summed E-state index contributed by atoms with van der Waals surface area (Å²) in [4.78, 5) is 18.2. The Kier molecular flexibility index (Phi) is 9.18. The number of nitrogens with one attached hydrogen (secondary N) is 2. The van der Waals surface area contributed by atoms with Crippen LogP contribution in [0.15, 0.2) is 47.6 Å². The lowest BCUT2D eigenvalue weighted by Crippen LogP contribution is -2.38. The SMILES string of the molecule is CCNC(=O)c1ccc(CNC(=NC)N(C)Cc2cccn2C)cc1.I. The topological polar surface area (TPSA) is 61.7 Å². The van der Waals surface area contributed by atoms with Crippen molar-refractivity contribution >= 4 is 35.8 Å². The van der Waals surface area contributed by atoms with Gasteiger partial charge >= 0.3 is 0 Å². The van der Waals surface area contributed by atoms with Crippen LogP contribution >= 0.6 is 24.0 Å². The van der Waals surface area contributed by atoms with Crippen molar-refractivity contribution in [2.75, 3.05) is 20.6 Å². The first-order valence-corrected chi connectivity index (χ1v) is 8.44. The highest BCUT2D eigenvalue weighted by atomic mass is 127. The first-order chi connectivity index (χ1) is 12.0. The Morgan fingerprint density at radius 3 is 2.42 bits per heavy atom. The van der Waals surface area contributed by atoms with Gasteiger partial charge < -0.3 is 20.1 Å². The van der Waals surface area contributed by atoms with Crippen molar-refractivity contribution in [1.29, 1.82) is 0 Å². The van der Waals surface area contributed by atoms with E-state index in [-0.39, 0.29) is 29.9 Å². The molecule has 0 aliphatic carbocycles. The third-order valence-electron chi connectivity index (χ3n) is 4.03. The van der Waals surface area contributed by atoms with Crippen LogP contribution in [0.1, 0.15) is 28.5 Å². The number of aliphatic imine (C=N–C) groups is 1. The zero-order chi connectivity index (χ0) is 18.2. The zero-order valence-electron chi connectivity index (χ0n) is 15.8. The molecular formula is C19H28IN5O. The molecule has 0 spiro atoms. The van der Waals surface area contributed by atoms with Crippen LogP contribution in [0, 0.1) is 0 Å². The fourth-order valence-corrected chi connectivity index (χ4v) is 2.58. The van der Waals surface area contributed by atoms with E-state index < -0.39 is 0 Å². The number of aromatic nitrogens is 1. The largest absolute Gasteiger partial charge is 0.353 e. The van der Waals surface area contributed by atoms with E-state index in [4.69, 9.17) is 0 Å². The van der Waals surface area contributed by atoms with Crippen LogP contribution < -0.4 is 10.6 Å². The maximum Gasteiger partial charge on any atom is 0.251 e. The first kappa shape index (κ1) is 22.0. The Labute approximate surface area is 172 Å². The lowest BCUT2D eigenvalue weighted by molar-refractivity contribution is 0.0956. The molecule has 1 amide bonds. The second-order valence-corrected chi connectivity index (χ2v) is 5.92. The molecule has 0 aliphatic rings. The van der Waals surface area contributed by atoms with E-state index in [2.05, 4.69) is 31.2 Å². The normalized spacial score (nSPS) is 10.8. The molecule has 0 unspecified atom stereocenters. The van der Waals surface area contributed by atoms with Gasteiger partial charge in [-0.1, -0.05) is 12.1 Å². The van der Waals surface area contributed by atoms with Gasteiger partial charge in [0.15, 0.2) is 5.96 Å². The Morgan fingerprint density at radius 2 is 1.88 bits per heavy atom. The Balaban J connectivity index is 0.00000338. The monoisotopic (exact) mass is 469 g/mol. The van der Waals surface area contributed by atoms with E-state index in [9.17, 15) is 4.79 Å². The highest BCUT2D eigenvalue weighted by molar-refractivity contribution is 14.0. The average molecular weight is 469 g/mol. The number of guanidine groups is 1. The molecule has 7 heteroatoms. The molecule has 6 nitrogen and oxygen atoms in total. The van der Waals surface area contributed by atoms with Gasteiger partial charge in [-0.3, -0.25) is 9.79 Å². The lowest BCUT2D eigenvalue weighted by atomic mass is 10.1. The van der Waals surface area contributed by atoms with E-state index in [1.54, 1.807) is 7.05 Å². The molecule has 0 atom stereocenters. The van der Waals surface area contributed by atoms with Gasteiger partial charge in [-0.2, -0.15) is 0 Å². The maximum atomic E-state index is 11.8. The molecule has 1 aromatic carbocycles. The van der Waals surface area contributed by atoms with E-state index >= 15 is 0 Å². The highest BCUT2D eigenvalue weighted by Gasteiger charge is 2.09. The number of hydrogen-bond donors (Lipinski definition) is 2. The molecule has 0 saturated heterocycles. The van der Waals surface area contributed by atoms with Crippen LogP contribution in [0.25, 0.3) is 0 Å². The minimum Gasteiger partial charge on any atom is -0.353 e. The van der Waals surface area contributed by atoms with E-state index in [0.717, 1.165) is 18.1 Å². The summed E-state index contributed by atoms with van der Waals surface area (Å²) in [5.74, 6) is 0.786. The highest BCUT2D eigenvalue weighted by Crippen LogP contribution is 2.06. The minimum atomic E-state index is -0.0416. The van der Waals surface area contributed by atoms with Crippen LogP contribution in [0.4, 0.5) is 0 Å². The van der Waals surface area contributed by atoms with Crippen LogP contribution in [0.2, 0.25) is 0 Å². The van der Waals surface area contributed by atoms with Crippen LogP contribution in [-0.2, 0) is 20.1 Å². The van der Waals surface area contributed by atoms with Gasteiger partial charge in [0, 0.05) is 51.7 Å². The van der Waals surface area contributed by atoms with Gasteiger partial charge in [-0.05, 0) is 36.8 Å². The van der Waals surface area contributed by atoms with E-state index in [0.29, 0.717) is 18.7 Å². The average Bonchev–Trinajstić information content (AvgIpc) is 3.01. The summed E-state index contributed by atoms with van der Waals surface area (Å²) in [6.07, 6.45) is 2.04. The van der Waals surface area contributed by atoms with Gasteiger partial charge in [0.1, 0.15) is 0 Å². The van der Waals surface area contributed by atoms with E-state index in [1.165, 1.54) is 5.69 Å². The summed E-state index contributed by atoms with van der Waals surface area (Å²) >= 11 is 0. The summed E-state index contributed by atoms with van der Waals surface area (Å²) in [5.41, 5.74) is 2.99. The fourth-order valence-electron chi connectivity index (χ4n) is 2.58. The van der Waals surface area contributed by atoms with Crippen molar-refractivity contribution in [3.05, 3.63) is 59.4 Å². The Morgan fingerprint density at radius 1 is 1.19 bits per heavy atom. The van der Waals surface area contributed by atoms with Crippen molar-refractivity contribution in [3.8, 4) is 0 Å². The van der Waals surface area contributed by atoms with Gasteiger partial charge in [0.2, 0.25) is 0 Å². The molecule has 142 valence electrons. The number of carbonyl (C=O) groups is 1. The second-order valence-electron chi connectivity index (χ2n) is 5.92. The van der Waals surface area contributed by atoms with Gasteiger partial charge in [-0.15, -0.1) is 24.0 Å². The number of hydrogen-bond acceptors (Lipinski definition) is 2. The second kappa shape index (κ2) is 10.8. The van der Waals surface area contributed by atoms with Crippen molar-refractivity contribution in [1.82, 2.24) is 20.1 Å². The minimum absolute atomic E-state index is 0. The maximum absolute atomic E-state index is 11.8. The Hall–Kier alpha value is -2.03. The predicted molar refractivity (Wildman–Crippen MR) is 117 cm³/mol. The number of halogens is 1. The number of aryl methyl sites for hydroxylation is 1. The number of benzene rings is 1. The third kappa shape index (κ3) is 6.05. The standard InChI is InChI=1S/C19H27N5O.HI/c1-5-21-18(25)16-10-8-15(9-11-16)13-22-19(20-2)24(4)14-17-7-6-12-23(17)3;/h6-12H,5,13-14H2,1-4H3,(H,20,22)(H,21,25);1H. The van der Waals surface area contributed by atoms with Crippen LogP contribution in [-0.4, -0.2) is 42.0 Å². The van der Waals surface area contributed by atoms with E-state index in [1.807, 2.05) is 57.5 Å². The number of amides is 1. The van der Waals surface area contributed by atoms with Crippen molar-refractivity contribution in [2.45, 2.75) is 20.0 Å². The molecule has 1 aromatic heterocycles. The summed E-state index contributed by atoms with van der Waals surface area (Å²) in [6.45, 7) is 3.97. The zero-order valence-corrected chi connectivity index (χ0v) is 18.2. The third-order valence-corrected chi connectivity index (χ3v) is 4.03. The molecule has 26 heavy (non-hydrogen) atoms. The van der Waals surface area contributed by atoms with Crippen LogP contribution in [0.3, 0.4) is 0 Å². The Bertz CT molecular complexity index is 724. The smallest absolute Gasteiger partial charge is 0.251 e. The number of carbonyl (C=O) groups excluding carboxylic acids is 1. The van der Waals surface area contributed by atoms with Crippen molar-refractivity contribution in [2.24, 2.45) is 12.0 Å². The van der Waals surface area contributed by atoms with Gasteiger partial charge in [-0.25, -0.2) is 0 Å². The fraction of sp³-hybridized carbons (Fsp3) is 0.368. The summed E-state index contributed by atoms with van der Waals surface area (Å²) in [6, 6.07) is 11.8. The molecular weight excluding hydrogens is 441 g/mol. The lowest BCUT2D eigenvalue weighted by Gasteiger charge is -2.22. The first-order valence-electron chi connectivity index (χ1n) is 8.44. The molecule has 0 fully saturated rings. The van der Waals surface area contributed by atoms with Crippen molar-refractivity contribution < 1.29 is 4.79 Å².